The molecule has 1 aromatic heterocycles. The molecule has 0 unspecified atom stereocenters. The van der Waals surface area contributed by atoms with E-state index in [4.69, 9.17) is 0 Å². The fraction of sp³-hybridized carbons (Fsp3) is 0.444. The Morgan fingerprint density at radius 1 is 1.50 bits per heavy atom. The van der Waals surface area contributed by atoms with Crippen molar-refractivity contribution in [3.8, 4) is 0 Å². The Kier molecular flexibility index (Phi) is 1.86. The molecule has 0 bridgehead atoms. The lowest BCUT2D eigenvalue weighted by molar-refractivity contribution is 0.757. The molecule has 0 radical (unpaired) electrons. The molecule has 1 aliphatic rings. The average molecular weight is 163 g/mol. The molecule has 0 atom stereocenters. The normalized spacial score (nSPS) is 17.1. The summed E-state index contributed by atoms with van der Waals surface area (Å²) in [6.07, 6.45) is 10.4. The molecule has 1 heterocycles. The van der Waals surface area contributed by atoms with Gasteiger partial charge in [-0.05, 0) is 12.8 Å². The summed E-state index contributed by atoms with van der Waals surface area (Å²) >= 11 is 0. The van der Waals surface area contributed by atoms with Crippen molar-refractivity contribution in [2.24, 2.45) is 7.05 Å². The van der Waals surface area contributed by atoms with Gasteiger partial charge in [-0.25, -0.2) is 4.98 Å². The second kappa shape index (κ2) is 3.01. The third kappa shape index (κ3) is 1.35. The summed E-state index contributed by atoms with van der Waals surface area (Å²) in [6, 6.07) is 0.547. The summed E-state index contributed by atoms with van der Waals surface area (Å²) in [6.45, 7) is 0. The highest BCUT2D eigenvalue weighted by Gasteiger charge is 2.10. The van der Waals surface area contributed by atoms with E-state index in [1.54, 1.807) is 0 Å². The first-order chi connectivity index (χ1) is 5.86. The van der Waals surface area contributed by atoms with E-state index in [1.165, 1.54) is 0 Å². The second-order valence-electron chi connectivity index (χ2n) is 3.15. The standard InChI is InChI=1S/C9H13N3/c1-12-7-6-10-9(12)11-8-4-2-3-5-8/h2-3,6-8H,4-5H2,1H3,(H,10,11). The smallest absolute Gasteiger partial charge is 0.202 e. The number of aromatic nitrogens is 2. The average Bonchev–Trinajstić information content (AvgIpc) is 2.65. The number of hydrogen-bond acceptors (Lipinski definition) is 2. The lowest BCUT2D eigenvalue weighted by atomic mass is 10.2. The molecule has 2 rings (SSSR count). The molecule has 3 heteroatoms. The SMILES string of the molecule is Cn1ccnc1NC1CC=CC1. The highest BCUT2D eigenvalue weighted by atomic mass is 15.2. The van der Waals surface area contributed by atoms with Gasteiger partial charge < -0.3 is 9.88 Å². The minimum Gasteiger partial charge on any atom is -0.352 e. The first kappa shape index (κ1) is 7.40. The maximum absolute atomic E-state index is 4.20. The van der Waals surface area contributed by atoms with E-state index in [9.17, 15) is 0 Å². The molecule has 12 heavy (non-hydrogen) atoms. The molecule has 1 N–H and O–H groups in total. The Bertz CT molecular complexity index is 280. The van der Waals surface area contributed by atoms with Crippen LogP contribution in [-0.2, 0) is 7.05 Å². The quantitative estimate of drug-likeness (QED) is 0.670. The first-order valence-electron chi connectivity index (χ1n) is 4.25. The summed E-state index contributed by atoms with van der Waals surface area (Å²) in [5.41, 5.74) is 0. The van der Waals surface area contributed by atoms with Gasteiger partial charge in [-0.15, -0.1) is 0 Å². The summed E-state index contributed by atoms with van der Waals surface area (Å²) in [5, 5.41) is 3.38. The van der Waals surface area contributed by atoms with Crippen molar-refractivity contribution in [3.05, 3.63) is 24.5 Å². The number of imidazole rings is 1. The summed E-state index contributed by atoms with van der Waals surface area (Å²) in [7, 11) is 2.00. The molecule has 0 amide bonds. The lowest BCUT2D eigenvalue weighted by Gasteiger charge is -2.12. The molecule has 1 aliphatic carbocycles. The fourth-order valence-corrected chi connectivity index (χ4v) is 1.42. The molecule has 0 fully saturated rings. The minimum absolute atomic E-state index is 0.547. The number of aryl methyl sites for hydroxylation is 1. The van der Waals surface area contributed by atoms with Crippen molar-refractivity contribution in [3.63, 3.8) is 0 Å². The number of nitrogens with one attached hydrogen (secondary N) is 1. The van der Waals surface area contributed by atoms with E-state index in [1.807, 2.05) is 24.0 Å². The molecule has 0 aliphatic heterocycles. The molecular formula is C9H13N3. The van der Waals surface area contributed by atoms with Gasteiger partial charge in [0, 0.05) is 25.5 Å². The minimum atomic E-state index is 0.547. The van der Waals surface area contributed by atoms with Crippen LogP contribution in [0.15, 0.2) is 24.5 Å². The predicted octanol–water partition coefficient (Wildman–Crippen LogP) is 1.55. The van der Waals surface area contributed by atoms with Gasteiger partial charge in [0.2, 0.25) is 5.95 Å². The lowest BCUT2D eigenvalue weighted by Crippen LogP contribution is -2.17. The Morgan fingerprint density at radius 2 is 2.25 bits per heavy atom. The summed E-state index contributed by atoms with van der Waals surface area (Å²) < 4.78 is 2.00. The second-order valence-corrected chi connectivity index (χ2v) is 3.15. The molecule has 0 saturated heterocycles. The predicted molar refractivity (Wildman–Crippen MR) is 49.0 cm³/mol. The zero-order valence-electron chi connectivity index (χ0n) is 7.20. The Morgan fingerprint density at radius 3 is 2.83 bits per heavy atom. The number of nitrogens with zero attached hydrogens (tertiary/aromatic N) is 2. The van der Waals surface area contributed by atoms with Crippen molar-refractivity contribution >= 4 is 5.95 Å². The van der Waals surface area contributed by atoms with Crippen LogP contribution >= 0.6 is 0 Å². The molecule has 0 aromatic carbocycles. The van der Waals surface area contributed by atoms with Gasteiger partial charge in [0.15, 0.2) is 0 Å². The van der Waals surface area contributed by atoms with Gasteiger partial charge in [-0.1, -0.05) is 12.2 Å². The zero-order valence-corrected chi connectivity index (χ0v) is 7.20. The highest BCUT2D eigenvalue weighted by Crippen LogP contribution is 2.14. The molecular weight excluding hydrogens is 150 g/mol. The van der Waals surface area contributed by atoms with E-state index < -0.39 is 0 Å². The molecule has 64 valence electrons. The van der Waals surface area contributed by atoms with Crippen LogP contribution < -0.4 is 5.32 Å². The van der Waals surface area contributed by atoms with Crippen LogP contribution in [0.1, 0.15) is 12.8 Å². The van der Waals surface area contributed by atoms with E-state index in [0.29, 0.717) is 6.04 Å². The van der Waals surface area contributed by atoms with Crippen LogP contribution in [-0.4, -0.2) is 15.6 Å². The Labute approximate surface area is 72.1 Å². The van der Waals surface area contributed by atoms with E-state index in [-0.39, 0.29) is 0 Å². The Balaban J connectivity index is 1.99. The van der Waals surface area contributed by atoms with Gasteiger partial charge >= 0.3 is 0 Å². The van der Waals surface area contributed by atoms with Crippen LogP contribution in [0.2, 0.25) is 0 Å². The van der Waals surface area contributed by atoms with Gasteiger partial charge in [0.1, 0.15) is 0 Å². The van der Waals surface area contributed by atoms with E-state index >= 15 is 0 Å². The Hall–Kier alpha value is -1.25. The summed E-state index contributed by atoms with van der Waals surface area (Å²) in [5.74, 6) is 0.962. The van der Waals surface area contributed by atoms with Gasteiger partial charge in [-0.2, -0.15) is 0 Å². The van der Waals surface area contributed by atoms with Crippen LogP contribution in [0.25, 0.3) is 0 Å². The van der Waals surface area contributed by atoms with Crippen LogP contribution in [0.5, 0.6) is 0 Å². The number of anilines is 1. The van der Waals surface area contributed by atoms with E-state index in [2.05, 4.69) is 22.5 Å². The van der Waals surface area contributed by atoms with Crippen molar-refractivity contribution < 1.29 is 0 Å². The third-order valence-corrected chi connectivity index (χ3v) is 2.16. The van der Waals surface area contributed by atoms with E-state index in [0.717, 1.165) is 18.8 Å². The van der Waals surface area contributed by atoms with Crippen molar-refractivity contribution in [2.75, 3.05) is 5.32 Å². The van der Waals surface area contributed by atoms with Crippen LogP contribution in [0, 0.1) is 0 Å². The highest BCUT2D eigenvalue weighted by molar-refractivity contribution is 5.28. The van der Waals surface area contributed by atoms with Gasteiger partial charge in [0.25, 0.3) is 0 Å². The van der Waals surface area contributed by atoms with Gasteiger partial charge in [0.05, 0.1) is 0 Å². The van der Waals surface area contributed by atoms with Crippen LogP contribution in [0.4, 0.5) is 5.95 Å². The zero-order chi connectivity index (χ0) is 8.39. The van der Waals surface area contributed by atoms with Gasteiger partial charge in [-0.3, -0.25) is 0 Å². The van der Waals surface area contributed by atoms with Crippen LogP contribution in [0.3, 0.4) is 0 Å². The molecule has 0 saturated carbocycles. The largest absolute Gasteiger partial charge is 0.352 e. The topological polar surface area (TPSA) is 29.9 Å². The number of rotatable bonds is 2. The maximum Gasteiger partial charge on any atom is 0.202 e. The number of hydrogen-bond donors (Lipinski definition) is 1. The molecule has 1 aromatic rings. The maximum atomic E-state index is 4.20. The first-order valence-corrected chi connectivity index (χ1v) is 4.25. The molecule has 3 nitrogen and oxygen atoms in total. The van der Waals surface area contributed by atoms with Crippen molar-refractivity contribution in [1.29, 1.82) is 0 Å². The molecule has 0 spiro atoms. The third-order valence-electron chi connectivity index (χ3n) is 2.16. The summed E-state index contributed by atoms with van der Waals surface area (Å²) in [4.78, 5) is 4.20. The van der Waals surface area contributed by atoms with Crippen molar-refractivity contribution in [2.45, 2.75) is 18.9 Å². The monoisotopic (exact) mass is 163 g/mol. The van der Waals surface area contributed by atoms with Crippen molar-refractivity contribution in [1.82, 2.24) is 9.55 Å². The fourth-order valence-electron chi connectivity index (χ4n) is 1.42.